The molecule has 0 bridgehead atoms. The van der Waals surface area contributed by atoms with Crippen LogP contribution in [0.1, 0.15) is 38.2 Å². The number of nitrogens with two attached hydrogens (primary N) is 1. The van der Waals surface area contributed by atoms with Crippen molar-refractivity contribution in [2.24, 2.45) is 11.8 Å². The number of para-hydroxylation sites is 1. The highest BCUT2D eigenvalue weighted by Gasteiger charge is 2.24. The summed E-state index contributed by atoms with van der Waals surface area (Å²) in [5.41, 5.74) is 3.48. The maximum atomic E-state index is 11.6. The molecule has 3 N–H and O–H groups in total. The van der Waals surface area contributed by atoms with Crippen molar-refractivity contribution >= 4 is 5.91 Å². The van der Waals surface area contributed by atoms with Crippen LogP contribution in [0.15, 0.2) is 24.3 Å². The lowest BCUT2D eigenvalue weighted by molar-refractivity contribution is -0.126. The minimum Gasteiger partial charge on any atom is -0.493 e. The van der Waals surface area contributed by atoms with Gasteiger partial charge < -0.3 is 4.74 Å². The molecule has 0 unspecified atom stereocenters. The van der Waals surface area contributed by atoms with Gasteiger partial charge in [0.1, 0.15) is 5.75 Å². The Balaban J connectivity index is 1.88. The fraction of sp³-hybridized carbons (Fsp3) is 0.588. The van der Waals surface area contributed by atoms with Gasteiger partial charge in [0.05, 0.1) is 6.61 Å². The van der Waals surface area contributed by atoms with Crippen molar-refractivity contribution in [2.75, 3.05) is 19.7 Å². The van der Waals surface area contributed by atoms with E-state index >= 15 is 0 Å². The summed E-state index contributed by atoms with van der Waals surface area (Å²) in [7, 11) is 0. The monoisotopic (exact) mass is 305 g/mol. The van der Waals surface area contributed by atoms with E-state index in [-0.39, 0.29) is 11.8 Å². The molecule has 0 aliphatic carbocycles. The Labute approximate surface area is 132 Å². The zero-order valence-electron chi connectivity index (χ0n) is 13.4. The van der Waals surface area contributed by atoms with E-state index in [1.54, 1.807) is 0 Å². The molecule has 5 nitrogen and oxygen atoms in total. The highest BCUT2D eigenvalue weighted by molar-refractivity contribution is 5.78. The fourth-order valence-electron chi connectivity index (χ4n) is 2.81. The van der Waals surface area contributed by atoms with Crippen LogP contribution in [-0.4, -0.2) is 30.5 Å². The van der Waals surface area contributed by atoms with E-state index in [4.69, 9.17) is 10.6 Å². The van der Waals surface area contributed by atoms with Gasteiger partial charge in [0, 0.05) is 18.0 Å². The van der Waals surface area contributed by atoms with Crippen LogP contribution in [-0.2, 0) is 11.3 Å². The Hall–Kier alpha value is -1.59. The summed E-state index contributed by atoms with van der Waals surface area (Å²) in [6.45, 7) is 5.64. The number of likely N-dealkylation sites (tertiary alicyclic amines) is 1. The second kappa shape index (κ2) is 8.76. The number of piperidine rings is 1. The summed E-state index contributed by atoms with van der Waals surface area (Å²) in [6, 6.07) is 8.23. The van der Waals surface area contributed by atoms with Gasteiger partial charge >= 0.3 is 0 Å². The second-order valence-electron chi connectivity index (χ2n) is 5.87. The third kappa shape index (κ3) is 4.71. The van der Waals surface area contributed by atoms with E-state index in [1.807, 2.05) is 12.1 Å². The number of hydrogen-bond acceptors (Lipinski definition) is 4. The third-order valence-corrected chi connectivity index (χ3v) is 4.22. The summed E-state index contributed by atoms with van der Waals surface area (Å²) in [6.07, 6.45) is 3.94. The molecule has 1 amide bonds. The number of hydrazine groups is 1. The molecule has 0 spiro atoms. The molecule has 1 fully saturated rings. The van der Waals surface area contributed by atoms with E-state index in [9.17, 15) is 4.79 Å². The van der Waals surface area contributed by atoms with Crippen molar-refractivity contribution in [2.45, 2.75) is 39.2 Å². The van der Waals surface area contributed by atoms with E-state index in [2.05, 4.69) is 29.4 Å². The Bertz CT molecular complexity index is 471. The number of carbonyl (C=O) groups excluding carboxylic acids is 1. The maximum absolute atomic E-state index is 11.6. The summed E-state index contributed by atoms with van der Waals surface area (Å²) < 4.78 is 5.89. The molecular formula is C17H27N3O2. The molecular weight excluding hydrogens is 278 g/mol. The molecule has 1 aromatic rings. The van der Waals surface area contributed by atoms with Crippen LogP contribution in [0.4, 0.5) is 0 Å². The first-order chi connectivity index (χ1) is 10.7. The maximum Gasteiger partial charge on any atom is 0.237 e. The van der Waals surface area contributed by atoms with Gasteiger partial charge in [-0.2, -0.15) is 0 Å². The van der Waals surface area contributed by atoms with E-state index in [0.717, 1.165) is 57.7 Å². The summed E-state index contributed by atoms with van der Waals surface area (Å²) in [4.78, 5) is 13.9. The topological polar surface area (TPSA) is 67.6 Å². The normalized spacial score (nSPS) is 16.5. The van der Waals surface area contributed by atoms with Gasteiger partial charge in [-0.3, -0.25) is 15.1 Å². The molecule has 22 heavy (non-hydrogen) atoms. The number of ether oxygens (including phenoxy) is 1. The lowest BCUT2D eigenvalue weighted by Crippen LogP contribution is -2.42. The summed E-state index contributed by atoms with van der Waals surface area (Å²) in [5.74, 6) is 6.21. The molecule has 2 rings (SSSR count). The molecule has 0 aromatic heterocycles. The van der Waals surface area contributed by atoms with Gasteiger partial charge in [-0.05, 0) is 38.4 Å². The van der Waals surface area contributed by atoms with Crippen molar-refractivity contribution in [3.8, 4) is 5.75 Å². The van der Waals surface area contributed by atoms with Crippen molar-refractivity contribution in [1.29, 1.82) is 0 Å². The van der Waals surface area contributed by atoms with Crippen LogP contribution in [0.2, 0.25) is 0 Å². The van der Waals surface area contributed by atoms with Crippen molar-refractivity contribution in [3.05, 3.63) is 29.8 Å². The van der Waals surface area contributed by atoms with Crippen molar-refractivity contribution in [1.82, 2.24) is 10.3 Å². The zero-order chi connectivity index (χ0) is 15.8. The van der Waals surface area contributed by atoms with Crippen LogP contribution in [0.25, 0.3) is 0 Å². The van der Waals surface area contributed by atoms with Gasteiger partial charge in [-0.1, -0.05) is 31.5 Å². The Morgan fingerprint density at radius 2 is 2.09 bits per heavy atom. The number of amides is 1. The summed E-state index contributed by atoms with van der Waals surface area (Å²) in [5, 5.41) is 0. The number of carbonyl (C=O) groups is 1. The molecule has 1 aromatic carbocycles. The first-order valence-corrected chi connectivity index (χ1v) is 8.18. The number of nitrogens with zero attached hydrogens (tertiary/aromatic N) is 1. The zero-order valence-corrected chi connectivity index (χ0v) is 13.4. The molecule has 0 atom stereocenters. The van der Waals surface area contributed by atoms with E-state index < -0.39 is 0 Å². The van der Waals surface area contributed by atoms with Gasteiger partial charge in [0.2, 0.25) is 5.91 Å². The number of rotatable bonds is 7. The minimum absolute atomic E-state index is 0.0389. The van der Waals surface area contributed by atoms with E-state index in [1.165, 1.54) is 5.56 Å². The molecule has 1 aliphatic rings. The van der Waals surface area contributed by atoms with Gasteiger partial charge in [-0.25, -0.2) is 5.84 Å². The Kier molecular flexibility index (Phi) is 6.68. The van der Waals surface area contributed by atoms with Crippen LogP contribution < -0.4 is 16.0 Å². The number of nitrogens with one attached hydrogen (secondary N) is 1. The third-order valence-electron chi connectivity index (χ3n) is 4.22. The number of unbranched alkanes of at least 4 members (excludes halogenated alkanes) is 1. The highest BCUT2D eigenvalue weighted by Crippen LogP contribution is 2.24. The first kappa shape index (κ1) is 16.8. The number of benzene rings is 1. The summed E-state index contributed by atoms with van der Waals surface area (Å²) >= 11 is 0. The smallest absolute Gasteiger partial charge is 0.237 e. The van der Waals surface area contributed by atoms with E-state index in [0.29, 0.717) is 0 Å². The second-order valence-corrected chi connectivity index (χ2v) is 5.87. The van der Waals surface area contributed by atoms with Crippen molar-refractivity contribution < 1.29 is 9.53 Å². The van der Waals surface area contributed by atoms with Crippen LogP contribution in [0, 0.1) is 5.92 Å². The minimum atomic E-state index is -0.0389. The average molecular weight is 305 g/mol. The largest absolute Gasteiger partial charge is 0.493 e. The standard InChI is InChI=1S/C17H27N3O2/c1-2-3-12-22-16-7-5-4-6-15(16)13-20-10-8-14(9-11-20)17(21)19-18/h4-7,14H,2-3,8-13,18H2,1H3,(H,19,21). The first-order valence-electron chi connectivity index (χ1n) is 8.18. The molecule has 122 valence electrons. The molecule has 1 saturated heterocycles. The number of hydrogen-bond donors (Lipinski definition) is 2. The van der Waals surface area contributed by atoms with Gasteiger partial charge in [-0.15, -0.1) is 0 Å². The van der Waals surface area contributed by atoms with Gasteiger partial charge in [0.25, 0.3) is 0 Å². The quantitative estimate of drug-likeness (QED) is 0.350. The van der Waals surface area contributed by atoms with Crippen LogP contribution in [0.3, 0.4) is 0 Å². The van der Waals surface area contributed by atoms with Crippen LogP contribution >= 0.6 is 0 Å². The predicted octanol–water partition coefficient (Wildman–Crippen LogP) is 2.07. The predicted molar refractivity (Wildman–Crippen MR) is 87.2 cm³/mol. The molecule has 1 heterocycles. The molecule has 0 radical (unpaired) electrons. The lowest BCUT2D eigenvalue weighted by atomic mass is 9.96. The average Bonchev–Trinajstić information content (AvgIpc) is 2.56. The Morgan fingerprint density at radius 1 is 1.36 bits per heavy atom. The SMILES string of the molecule is CCCCOc1ccccc1CN1CCC(C(=O)NN)CC1. The lowest BCUT2D eigenvalue weighted by Gasteiger charge is -2.31. The molecule has 0 saturated carbocycles. The van der Waals surface area contributed by atoms with Crippen molar-refractivity contribution in [3.63, 3.8) is 0 Å². The fourth-order valence-corrected chi connectivity index (χ4v) is 2.81. The van der Waals surface area contributed by atoms with Gasteiger partial charge in [0.15, 0.2) is 0 Å². The Morgan fingerprint density at radius 3 is 2.77 bits per heavy atom. The molecule has 1 aliphatic heterocycles. The highest BCUT2D eigenvalue weighted by atomic mass is 16.5. The molecule has 5 heteroatoms. The van der Waals surface area contributed by atoms with Crippen LogP contribution in [0.5, 0.6) is 5.75 Å².